The molecular weight excluding hydrogens is 470 g/mol. The molecule has 0 aliphatic carbocycles. The van der Waals surface area contributed by atoms with Gasteiger partial charge in [0.15, 0.2) is 5.69 Å². The zero-order chi connectivity index (χ0) is 21.3. The number of rotatable bonds is 3. The van der Waals surface area contributed by atoms with Gasteiger partial charge >= 0.3 is 0 Å². The Bertz CT molecular complexity index is 1110. The fourth-order valence-electron chi connectivity index (χ4n) is 3.45. The van der Waals surface area contributed by atoms with Crippen LogP contribution in [0.15, 0.2) is 53.0 Å². The molecule has 1 aliphatic rings. The predicted molar refractivity (Wildman–Crippen MR) is 117 cm³/mol. The van der Waals surface area contributed by atoms with Crippen molar-refractivity contribution in [1.82, 2.24) is 24.8 Å². The van der Waals surface area contributed by atoms with Crippen molar-refractivity contribution in [2.24, 2.45) is 0 Å². The van der Waals surface area contributed by atoms with Crippen molar-refractivity contribution in [2.45, 2.75) is 6.92 Å². The molecule has 7 nitrogen and oxygen atoms in total. The lowest BCUT2D eigenvalue weighted by Crippen LogP contribution is -2.50. The maximum absolute atomic E-state index is 13.0. The topological polar surface area (TPSA) is 71.3 Å². The highest BCUT2D eigenvalue weighted by Gasteiger charge is 2.28. The number of hydrogen-bond donors (Lipinski definition) is 0. The Hall–Kier alpha value is -2.71. The third kappa shape index (κ3) is 4.11. The quantitative estimate of drug-likeness (QED) is 0.565. The van der Waals surface area contributed by atoms with Gasteiger partial charge in [-0.2, -0.15) is 0 Å². The summed E-state index contributed by atoms with van der Waals surface area (Å²) in [5.41, 5.74) is 2.38. The van der Waals surface area contributed by atoms with E-state index in [-0.39, 0.29) is 11.8 Å². The Morgan fingerprint density at radius 2 is 1.63 bits per heavy atom. The van der Waals surface area contributed by atoms with Gasteiger partial charge in [-0.05, 0) is 43.3 Å². The molecule has 0 unspecified atom stereocenters. The SMILES string of the molecule is Cc1c(C(=O)N2CCN(C(=O)c3cccc(Cl)c3)CC2)nnn1-c1cccc(Br)c1. The third-order valence-corrected chi connectivity index (χ3v) is 5.80. The minimum absolute atomic E-state index is 0.0821. The number of amides is 2. The van der Waals surface area contributed by atoms with Crippen molar-refractivity contribution in [3.63, 3.8) is 0 Å². The Morgan fingerprint density at radius 1 is 0.967 bits per heavy atom. The molecule has 2 amide bonds. The molecule has 2 heterocycles. The lowest BCUT2D eigenvalue weighted by molar-refractivity contribution is 0.0531. The van der Waals surface area contributed by atoms with Crippen molar-refractivity contribution in [1.29, 1.82) is 0 Å². The second kappa shape index (κ2) is 8.57. The van der Waals surface area contributed by atoms with E-state index in [0.29, 0.717) is 48.2 Å². The Labute approximate surface area is 187 Å². The zero-order valence-electron chi connectivity index (χ0n) is 16.3. The molecule has 154 valence electrons. The molecular formula is C21H19BrClN5O2. The Morgan fingerprint density at radius 3 is 2.30 bits per heavy atom. The van der Waals surface area contributed by atoms with Gasteiger partial charge in [0.05, 0.1) is 11.4 Å². The van der Waals surface area contributed by atoms with Gasteiger partial charge in [-0.1, -0.05) is 44.9 Å². The highest BCUT2D eigenvalue weighted by atomic mass is 79.9. The van der Waals surface area contributed by atoms with Crippen LogP contribution in [0.5, 0.6) is 0 Å². The molecule has 0 bridgehead atoms. The summed E-state index contributed by atoms with van der Waals surface area (Å²) in [5.74, 6) is -0.259. The standard InChI is InChI=1S/C21H19BrClN5O2/c1-14-19(24-25-28(14)18-7-3-5-16(22)13-18)21(30)27-10-8-26(9-11-27)20(29)15-4-2-6-17(23)12-15/h2-7,12-13H,8-11H2,1H3. The summed E-state index contributed by atoms with van der Waals surface area (Å²) in [5, 5.41) is 8.80. The summed E-state index contributed by atoms with van der Waals surface area (Å²) in [6.07, 6.45) is 0. The lowest BCUT2D eigenvalue weighted by atomic mass is 10.1. The van der Waals surface area contributed by atoms with Crippen LogP contribution in [0.2, 0.25) is 5.02 Å². The van der Waals surface area contributed by atoms with Crippen molar-refractivity contribution < 1.29 is 9.59 Å². The summed E-state index contributed by atoms with van der Waals surface area (Å²) in [7, 11) is 0. The van der Waals surface area contributed by atoms with E-state index in [1.54, 1.807) is 38.7 Å². The van der Waals surface area contributed by atoms with Crippen LogP contribution in [0.25, 0.3) is 5.69 Å². The fraction of sp³-hybridized carbons (Fsp3) is 0.238. The van der Waals surface area contributed by atoms with Crippen LogP contribution < -0.4 is 0 Å². The number of hydrogen-bond acceptors (Lipinski definition) is 4. The van der Waals surface area contributed by atoms with Crippen LogP contribution in [0.1, 0.15) is 26.5 Å². The number of carbonyl (C=O) groups is 2. The first-order valence-electron chi connectivity index (χ1n) is 9.46. The summed E-state index contributed by atoms with van der Waals surface area (Å²) in [6.45, 7) is 3.61. The number of piperazine rings is 1. The van der Waals surface area contributed by atoms with Gasteiger partial charge in [-0.25, -0.2) is 4.68 Å². The predicted octanol–water partition coefficient (Wildman–Crippen LogP) is 3.59. The highest BCUT2D eigenvalue weighted by Crippen LogP contribution is 2.19. The molecule has 0 atom stereocenters. The average Bonchev–Trinajstić information content (AvgIpc) is 3.14. The van der Waals surface area contributed by atoms with Crippen molar-refractivity contribution in [3.05, 3.63) is 75.0 Å². The minimum Gasteiger partial charge on any atom is -0.335 e. The fourth-order valence-corrected chi connectivity index (χ4v) is 4.02. The first-order valence-corrected chi connectivity index (χ1v) is 10.6. The molecule has 0 N–H and O–H groups in total. The van der Waals surface area contributed by atoms with Crippen LogP contribution in [0.3, 0.4) is 0 Å². The van der Waals surface area contributed by atoms with Gasteiger partial charge in [-0.3, -0.25) is 9.59 Å². The maximum Gasteiger partial charge on any atom is 0.276 e. The first-order chi connectivity index (χ1) is 14.4. The van der Waals surface area contributed by atoms with E-state index in [2.05, 4.69) is 26.2 Å². The summed E-state index contributed by atoms with van der Waals surface area (Å²) < 4.78 is 2.57. The maximum atomic E-state index is 13.0. The van der Waals surface area contributed by atoms with E-state index in [1.165, 1.54) is 0 Å². The molecule has 2 aromatic carbocycles. The van der Waals surface area contributed by atoms with Gasteiger partial charge in [0.2, 0.25) is 0 Å². The van der Waals surface area contributed by atoms with Crippen molar-refractivity contribution in [3.8, 4) is 5.69 Å². The molecule has 1 fully saturated rings. The molecule has 1 saturated heterocycles. The lowest BCUT2D eigenvalue weighted by Gasteiger charge is -2.34. The molecule has 0 radical (unpaired) electrons. The highest BCUT2D eigenvalue weighted by molar-refractivity contribution is 9.10. The molecule has 9 heteroatoms. The van der Waals surface area contributed by atoms with E-state index < -0.39 is 0 Å². The van der Waals surface area contributed by atoms with Crippen molar-refractivity contribution in [2.75, 3.05) is 26.2 Å². The van der Waals surface area contributed by atoms with Crippen LogP contribution in [0, 0.1) is 6.92 Å². The van der Waals surface area contributed by atoms with Crippen LogP contribution in [0.4, 0.5) is 0 Å². The van der Waals surface area contributed by atoms with Gasteiger partial charge in [0.25, 0.3) is 11.8 Å². The van der Waals surface area contributed by atoms with E-state index in [1.807, 2.05) is 31.2 Å². The number of aromatic nitrogens is 3. The van der Waals surface area contributed by atoms with Crippen LogP contribution >= 0.6 is 27.5 Å². The smallest absolute Gasteiger partial charge is 0.276 e. The van der Waals surface area contributed by atoms with Gasteiger partial charge in [-0.15, -0.1) is 5.10 Å². The van der Waals surface area contributed by atoms with Gasteiger partial charge in [0.1, 0.15) is 0 Å². The zero-order valence-corrected chi connectivity index (χ0v) is 18.6. The Balaban J connectivity index is 1.44. The second-order valence-corrected chi connectivity index (χ2v) is 8.36. The summed E-state index contributed by atoms with van der Waals surface area (Å²) >= 11 is 9.43. The minimum atomic E-state index is -0.177. The molecule has 1 aromatic heterocycles. The third-order valence-electron chi connectivity index (χ3n) is 5.08. The van der Waals surface area contributed by atoms with E-state index in [0.717, 1.165) is 10.2 Å². The van der Waals surface area contributed by atoms with E-state index in [9.17, 15) is 9.59 Å². The largest absolute Gasteiger partial charge is 0.335 e. The normalized spacial score (nSPS) is 14.1. The van der Waals surface area contributed by atoms with E-state index >= 15 is 0 Å². The number of nitrogens with zero attached hydrogens (tertiary/aromatic N) is 5. The monoisotopic (exact) mass is 487 g/mol. The number of benzene rings is 2. The van der Waals surface area contributed by atoms with Crippen LogP contribution in [-0.4, -0.2) is 62.8 Å². The number of carbonyl (C=O) groups excluding carboxylic acids is 2. The average molecular weight is 489 g/mol. The molecule has 4 rings (SSSR count). The van der Waals surface area contributed by atoms with Gasteiger partial charge in [0, 0.05) is 41.2 Å². The first kappa shape index (κ1) is 20.6. The van der Waals surface area contributed by atoms with Crippen LogP contribution in [-0.2, 0) is 0 Å². The van der Waals surface area contributed by atoms with E-state index in [4.69, 9.17) is 11.6 Å². The van der Waals surface area contributed by atoms with Gasteiger partial charge < -0.3 is 9.80 Å². The van der Waals surface area contributed by atoms with Crippen molar-refractivity contribution >= 4 is 39.3 Å². The second-order valence-electron chi connectivity index (χ2n) is 7.01. The molecule has 1 aliphatic heterocycles. The number of halogens is 2. The Kier molecular flexibility index (Phi) is 5.87. The summed E-state index contributed by atoms with van der Waals surface area (Å²) in [6, 6.07) is 14.5. The molecule has 30 heavy (non-hydrogen) atoms. The molecule has 0 spiro atoms. The molecule has 3 aromatic rings. The summed E-state index contributed by atoms with van der Waals surface area (Å²) in [4.78, 5) is 29.1. The molecule has 0 saturated carbocycles.